The quantitative estimate of drug-likeness (QED) is 0.546. The zero-order chi connectivity index (χ0) is 21.8. The van der Waals surface area contributed by atoms with Crippen LogP contribution in [-0.2, 0) is 4.79 Å². The summed E-state index contributed by atoms with van der Waals surface area (Å²) in [5.74, 6) is -0.455. The van der Waals surface area contributed by atoms with E-state index in [0.29, 0.717) is 27.0 Å². The summed E-state index contributed by atoms with van der Waals surface area (Å²) in [6.07, 6.45) is -0.117. The number of ether oxygens (including phenoxy) is 1. The molecule has 0 fully saturated rings. The van der Waals surface area contributed by atoms with E-state index in [4.69, 9.17) is 32.4 Å². The summed E-state index contributed by atoms with van der Waals surface area (Å²) in [6.45, 7) is 1.56. The summed E-state index contributed by atoms with van der Waals surface area (Å²) in [7, 11) is 1.54. The van der Waals surface area contributed by atoms with Crippen molar-refractivity contribution in [2.45, 2.75) is 19.3 Å². The molecule has 0 saturated carbocycles. The fourth-order valence-electron chi connectivity index (χ4n) is 3.12. The lowest BCUT2D eigenvalue weighted by Crippen LogP contribution is -2.21. The summed E-state index contributed by atoms with van der Waals surface area (Å²) in [5, 5.41) is 13.8. The molecule has 1 heterocycles. The standard InChI is InChI=1S/C22H19Cl2NO5/c1-12-9-19(26)21(22(28)30-12)16(13-3-6-15(29-2)7-4-13)11-20(27)25-14-5-8-17(23)18(24)10-14/h3-10,16,26H,11H2,1-2H3,(H,25,27). The SMILES string of the molecule is COc1ccc(C(CC(=O)Nc2ccc(Cl)c(Cl)c2)c2c(O)cc(C)oc2=O)cc1. The Morgan fingerprint density at radius 1 is 1.13 bits per heavy atom. The Labute approximate surface area is 183 Å². The molecular formula is C22H19Cl2NO5. The van der Waals surface area contributed by atoms with Crippen molar-refractivity contribution in [1.82, 2.24) is 0 Å². The van der Waals surface area contributed by atoms with Gasteiger partial charge in [0.25, 0.3) is 0 Å². The molecule has 0 aliphatic heterocycles. The van der Waals surface area contributed by atoms with Gasteiger partial charge in [-0.15, -0.1) is 0 Å². The third-order valence-electron chi connectivity index (χ3n) is 4.55. The molecule has 156 valence electrons. The number of rotatable bonds is 6. The van der Waals surface area contributed by atoms with E-state index >= 15 is 0 Å². The van der Waals surface area contributed by atoms with Gasteiger partial charge in [-0.05, 0) is 42.8 Å². The lowest BCUT2D eigenvalue weighted by molar-refractivity contribution is -0.116. The molecule has 0 saturated heterocycles. The lowest BCUT2D eigenvalue weighted by Gasteiger charge is -2.18. The van der Waals surface area contributed by atoms with Crippen LogP contribution in [0, 0.1) is 6.92 Å². The first-order valence-electron chi connectivity index (χ1n) is 9.01. The summed E-state index contributed by atoms with van der Waals surface area (Å²) >= 11 is 11.9. The first-order chi connectivity index (χ1) is 14.3. The van der Waals surface area contributed by atoms with Crippen LogP contribution in [0.4, 0.5) is 5.69 Å². The maximum atomic E-state index is 12.8. The van der Waals surface area contributed by atoms with E-state index < -0.39 is 11.5 Å². The van der Waals surface area contributed by atoms with E-state index in [0.717, 1.165) is 0 Å². The van der Waals surface area contributed by atoms with Crippen molar-refractivity contribution in [3.05, 3.63) is 85.9 Å². The number of nitrogens with one attached hydrogen (secondary N) is 1. The molecule has 2 N–H and O–H groups in total. The van der Waals surface area contributed by atoms with E-state index in [2.05, 4.69) is 5.32 Å². The highest BCUT2D eigenvalue weighted by Gasteiger charge is 2.26. The molecule has 2 aromatic carbocycles. The second-order valence-electron chi connectivity index (χ2n) is 6.65. The smallest absolute Gasteiger partial charge is 0.343 e. The predicted molar refractivity (Wildman–Crippen MR) is 116 cm³/mol. The molecule has 0 aliphatic carbocycles. The second kappa shape index (κ2) is 9.24. The van der Waals surface area contributed by atoms with Crippen LogP contribution >= 0.6 is 23.2 Å². The summed E-state index contributed by atoms with van der Waals surface area (Å²) in [4.78, 5) is 25.3. The Bertz CT molecular complexity index is 1130. The molecule has 1 unspecified atom stereocenters. The number of carbonyl (C=O) groups excluding carboxylic acids is 1. The topological polar surface area (TPSA) is 88.8 Å². The Kier molecular flexibility index (Phi) is 6.70. The van der Waals surface area contributed by atoms with Crippen LogP contribution in [0.5, 0.6) is 11.5 Å². The molecule has 0 bridgehead atoms. The minimum absolute atomic E-state index is 0.00931. The molecule has 30 heavy (non-hydrogen) atoms. The third kappa shape index (κ3) is 4.96. The minimum atomic E-state index is -0.740. The van der Waals surface area contributed by atoms with Gasteiger partial charge in [0.15, 0.2) is 0 Å². The van der Waals surface area contributed by atoms with Gasteiger partial charge in [0.2, 0.25) is 5.91 Å². The van der Waals surface area contributed by atoms with Crippen molar-refractivity contribution in [3.63, 3.8) is 0 Å². The van der Waals surface area contributed by atoms with Crippen LogP contribution in [0.25, 0.3) is 0 Å². The van der Waals surface area contributed by atoms with Gasteiger partial charge in [0, 0.05) is 24.1 Å². The zero-order valence-corrected chi connectivity index (χ0v) is 17.8. The largest absolute Gasteiger partial charge is 0.507 e. The van der Waals surface area contributed by atoms with E-state index in [1.165, 1.54) is 19.2 Å². The van der Waals surface area contributed by atoms with Gasteiger partial charge in [-0.1, -0.05) is 35.3 Å². The molecule has 1 amide bonds. The monoisotopic (exact) mass is 447 g/mol. The highest BCUT2D eigenvalue weighted by Crippen LogP contribution is 2.33. The molecule has 0 radical (unpaired) electrons. The second-order valence-corrected chi connectivity index (χ2v) is 7.46. The number of amides is 1. The van der Waals surface area contributed by atoms with E-state index in [-0.39, 0.29) is 29.4 Å². The van der Waals surface area contributed by atoms with Crippen LogP contribution in [0.3, 0.4) is 0 Å². The normalized spacial score (nSPS) is 11.7. The average molecular weight is 448 g/mol. The highest BCUT2D eigenvalue weighted by atomic mass is 35.5. The van der Waals surface area contributed by atoms with E-state index in [1.807, 2.05) is 0 Å². The number of aromatic hydroxyl groups is 1. The van der Waals surface area contributed by atoms with Gasteiger partial charge >= 0.3 is 5.63 Å². The molecule has 1 aromatic heterocycles. The minimum Gasteiger partial charge on any atom is -0.507 e. The molecule has 3 aromatic rings. The molecule has 0 spiro atoms. The van der Waals surface area contributed by atoms with Gasteiger partial charge in [0.05, 0.1) is 22.7 Å². The Morgan fingerprint density at radius 3 is 2.43 bits per heavy atom. The fourth-order valence-corrected chi connectivity index (χ4v) is 3.42. The van der Waals surface area contributed by atoms with Crippen LogP contribution in [0.2, 0.25) is 10.0 Å². The van der Waals surface area contributed by atoms with Gasteiger partial charge in [-0.2, -0.15) is 0 Å². The summed E-state index contributed by atoms with van der Waals surface area (Å²) < 4.78 is 10.3. The van der Waals surface area contributed by atoms with Crippen LogP contribution < -0.4 is 15.7 Å². The van der Waals surface area contributed by atoms with Crippen LogP contribution in [0.15, 0.2) is 57.7 Å². The predicted octanol–water partition coefficient (Wildman–Crippen LogP) is 5.13. The Hall–Kier alpha value is -2.96. The zero-order valence-electron chi connectivity index (χ0n) is 16.2. The van der Waals surface area contributed by atoms with Crippen molar-refractivity contribution >= 4 is 34.8 Å². The first kappa shape index (κ1) is 21.7. The van der Waals surface area contributed by atoms with Crippen molar-refractivity contribution in [3.8, 4) is 11.5 Å². The van der Waals surface area contributed by atoms with Gasteiger partial charge < -0.3 is 19.6 Å². The highest BCUT2D eigenvalue weighted by molar-refractivity contribution is 6.42. The van der Waals surface area contributed by atoms with Crippen LogP contribution in [-0.4, -0.2) is 18.1 Å². The number of hydrogen-bond acceptors (Lipinski definition) is 5. The van der Waals surface area contributed by atoms with E-state index in [1.54, 1.807) is 43.3 Å². The third-order valence-corrected chi connectivity index (χ3v) is 5.29. The van der Waals surface area contributed by atoms with Crippen molar-refractivity contribution in [2.24, 2.45) is 0 Å². The molecule has 8 heteroatoms. The first-order valence-corrected chi connectivity index (χ1v) is 9.76. The van der Waals surface area contributed by atoms with Crippen molar-refractivity contribution < 1.29 is 19.1 Å². The summed E-state index contributed by atoms with van der Waals surface area (Å²) in [6, 6.07) is 13.0. The molecule has 6 nitrogen and oxygen atoms in total. The van der Waals surface area contributed by atoms with Gasteiger partial charge in [0.1, 0.15) is 17.3 Å². The number of aryl methyl sites for hydroxylation is 1. The van der Waals surface area contributed by atoms with Crippen molar-refractivity contribution in [1.29, 1.82) is 0 Å². The molecule has 3 rings (SSSR count). The average Bonchev–Trinajstić information content (AvgIpc) is 2.69. The van der Waals surface area contributed by atoms with Gasteiger partial charge in [-0.3, -0.25) is 4.79 Å². The summed E-state index contributed by atoms with van der Waals surface area (Å²) in [5.41, 5.74) is 0.417. The molecular weight excluding hydrogens is 429 g/mol. The van der Waals surface area contributed by atoms with Gasteiger partial charge in [-0.25, -0.2) is 4.79 Å². The fraction of sp³-hybridized carbons (Fsp3) is 0.182. The maximum Gasteiger partial charge on any atom is 0.343 e. The van der Waals surface area contributed by atoms with E-state index in [9.17, 15) is 14.7 Å². The number of hydrogen-bond donors (Lipinski definition) is 2. The Balaban J connectivity index is 1.95. The Morgan fingerprint density at radius 2 is 1.83 bits per heavy atom. The molecule has 0 aliphatic rings. The maximum absolute atomic E-state index is 12.8. The number of carbonyl (C=O) groups is 1. The number of anilines is 1. The van der Waals surface area contributed by atoms with Crippen LogP contribution in [0.1, 0.15) is 29.2 Å². The number of halogens is 2. The lowest BCUT2D eigenvalue weighted by atomic mass is 9.88. The molecule has 1 atom stereocenters. The van der Waals surface area contributed by atoms with Crippen molar-refractivity contribution in [2.75, 3.05) is 12.4 Å². The number of benzene rings is 2. The number of methoxy groups -OCH3 is 1.